The van der Waals surface area contributed by atoms with Crippen molar-refractivity contribution in [1.82, 2.24) is 10.2 Å². The first-order valence-electron chi connectivity index (χ1n) is 10.5. The van der Waals surface area contributed by atoms with Crippen LogP contribution in [0.3, 0.4) is 0 Å². The van der Waals surface area contributed by atoms with Crippen molar-refractivity contribution in [2.24, 2.45) is 5.92 Å². The Hall–Kier alpha value is -2.41. The summed E-state index contributed by atoms with van der Waals surface area (Å²) in [6.45, 7) is 7.81. The number of ether oxygens (including phenoxy) is 2. The van der Waals surface area contributed by atoms with Gasteiger partial charge in [-0.05, 0) is 45.6 Å². The predicted octanol–water partition coefficient (Wildman–Crippen LogP) is 2.96. The van der Waals surface area contributed by atoms with Gasteiger partial charge in [0.2, 0.25) is 5.91 Å². The van der Waals surface area contributed by atoms with Crippen molar-refractivity contribution in [1.29, 1.82) is 0 Å². The Balaban J connectivity index is 2.04. The Morgan fingerprint density at radius 1 is 1.27 bits per heavy atom. The van der Waals surface area contributed by atoms with Crippen molar-refractivity contribution >= 4 is 18.3 Å². The molecular weight excluding hydrogens is 384 g/mol. The number of nitrogens with zero attached hydrogens (tertiary/aromatic N) is 1. The van der Waals surface area contributed by atoms with Gasteiger partial charge in [0.05, 0.1) is 24.1 Å². The highest BCUT2D eigenvalue weighted by atomic mass is 16.6. The van der Waals surface area contributed by atoms with Crippen LogP contribution in [-0.4, -0.2) is 60.6 Å². The lowest BCUT2D eigenvalue weighted by molar-refractivity contribution is -0.132. The maximum Gasteiger partial charge on any atom is 0.410 e. The minimum atomic E-state index is -0.620. The largest absolute Gasteiger partial charge is 0.444 e. The molecule has 1 N–H and O–H groups in total. The van der Waals surface area contributed by atoms with Crippen LogP contribution < -0.4 is 5.32 Å². The molecule has 7 heteroatoms. The van der Waals surface area contributed by atoms with E-state index in [0.717, 1.165) is 24.7 Å². The Morgan fingerprint density at radius 3 is 2.50 bits per heavy atom. The first-order valence-corrected chi connectivity index (χ1v) is 10.5. The number of hydrogen-bond acceptors (Lipinski definition) is 5. The zero-order valence-corrected chi connectivity index (χ0v) is 18.6. The quantitative estimate of drug-likeness (QED) is 0.656. The molecule has 1 aromatic rings. The molecule has 30 heavy (non-hydrogen) atoms. The van der Waals surface area contributed by atoms with Gasteiger partial charge in [-0.1, -0.05) is 37.3 Å². The standard InChI is InChI=1S/C23H34N2O5/c1-16(21(27)24-18(15-26)14-17-10-7-6-8-11-17)20(29-5)19-12-9-13-25(19)22(28)30-23(2,3)4/h6-8,10-11,15-16,18-20H,9,12-14H2,1-5H3,(H,24,27)/t16-,18+,19+,20-/m1/s1. The summed E-state index contributed by atoms with van der Waals surface area (Å²) in [6.07, 6.45) is 1.84. The van der Waals surface area contributed by atoms with Crippen molar-refractivity contribution in [2.45, 2.75) is 70.7 Å². The molecule has 0 aromatic heterocycles. The second kappa shape index (κ2) is 10.6. The van der Waals surface area contributed by atoms with E-state index in [1.807, 2.05) is 51.1 Å². The fourth-order valence-electron chi connectivity index (χ4n) is 3.84. The highest BCUT2D eigenvalue weighted by molar-refractivity contribution is 5.82. The smallest absolute Gasteiger partial charge is 0.410 e. The van der Waals surface area contributed by atoms with Gasteiger partial charge >= 0.3 is 6.09 Å². The molecule has 7 nitrogen and oxygen atoms in total. The molecule has 0 unspecified atom stereocenters. The number of benzene rings is 1. The minimum absolute atomic E-state index is 0.255. The molecule has 2 rings (SSSR count). The van der Waals surface area contributed by atoms with Crippen LogP contribution in [0.1, 0.15) is 46.1 Å². The monoisotopic (exact) mass is 418 g/mol. The molecule has 0 aliphatic carbocycles. The lowest BCUT2D eigenvalue weighted by atomic mass is 9.94. The van der Waals surface area contributed by atoms with Crippen LogP contribution in [0.15, 0.2) is 30.3 Å². The van der Waals surface area contributed by atoms with E-state index in [4.69, 9.17) is 9.47 Å². The van der Waals surface area contributed by atoms with E-state index in [0.29, 0.717) is 13.0 Å². The second-order valence-electron chi connectivity index (χ2n) is 8.81. The Morgan fingerprint density at radius 2 is 1.93 bits per heavy atom. The molecule has 2 amide bonds. The summed E-state index contributed by atoms with van der Waals surface area (Å²) in [7, 11) is 1.54. The SMILES string of the molecule is CO[C@H]([C@@H](C)C(=O)N[C@H](C=O)Cc1ccccc1)[C@@H]1CCCN1C(=O)OC(C)(C)C. The van der Waals surface area contributed by atoms with Crippen LogP contribution in [0.25, 0.3) is 0 Å². The van der Waals surface area contributed by atoms with Crippen molar-refractivity contribution in [3.8, 4) is 0 Å². The van der Waals surface area contributed by atoms with E-state index < -0.39 is 29.8 Å². The van der Waals surface area contributed by atoms with Gasteiger partial charge in [0, 0.05) is 13.7 Å². The maximum absolute atomic E-state index is 12.9. The van der Waals surface area contributed by atoms with Gasteiger partial charge in [0.1, 0.15) is 11.9 Å². The summed E-state index contributed by atoms with van der Waals surface area (Å²) < 4.78 is 11.2. The first-order chi connectivity index (χ1) is 14.2. The zero-order valence-electron chi connectivity index (χ0n) is 18.6. The number of carbonyl (C=O) groups excluding carboxylic acids is 3. The number of carbonyl (C=O) groups is 3. The first kappa shape index (κ1) is 23.9. The van der Waals surface area contributed by atoms with Crippen molar-refractivity contribution < 1.29 is 23.9 Å². The fraction of sp³-hybridized carbons (Fsp3) is 0.609. The summed E-state index contributed by atoms with van der Waals surface area (Å²) in [6, 6.07) is 8.66. The molecule has 1 aliphatic rings. The lowest BCUT2D eigenvalue weighted by Gasteiger charge is -2.35. The van der Waals surface area contributed by atoms with Crippen LogP contribution in [-0.2, 0) is 25.5 Å². The van der Waals surface area contributed by atoms with Crippen LogP contribution in [0.4, 0.5) is 4.79 Å². The molecule has 4 atom stereocenters. The van der Waals surface area contributed by atoms with Gasteiger partial charge in [-0.15, -0.1) is 0 Å². The van der Waals surface area contributed by atoms with E-state index in [1.54, 1.807) is 18.9 Å². The van der Waals surface area contributed by atoms with E-state index in [-0.39, 0.29) is 11.9 Å². The summed E-state index contributed by atoms with van der Waals surface area (Å²) in [5, 5.41) is 2.81. The number of aldehydes is 1. The maximum atomic E-state index is 12.9. The fourth-order valence-corrected chi connectivity index (χ4v) is 3.84. The van der Waals surface area contributed by atoms with E-state index in [1.165, 1.54) is 0 Å². The molecule has 1 heterocycles. The normalized spacial score (nSPS) is 19.6. The number of nitrogens with one attached hydrogen (secondary N) is 1. The van der Waals surface area contributed by atoms with Crippen LogP contribution in [0.5, 0.6) is 0 Å². The van der Waals surface area contributed by atoms with Gasteiger partial charge in [-0.2, -0.15) is 0 Å². The Bertz CT molecular complexity index is 716. The van der Waals surface area contributed by atoms with Crippen LogP contribution >= 0.6 is 0 Å². The van der Waals surface area contributed by atoms with Gasteiger partial charge in [-0.3, -0.25) is 4.79 Å². The molecule has 1 aliphatic heterocycles. The molecule has 0 bridgehead atoms. The summed E-state index contributed by atoms with van der Waals surface area (Å²) in [5.74, 6) is -0.813. The molecule has 0 saturated carbocycles. The number of amides is 2. The third-order valence-electron chi connectivity index (χ3n) is 5.28. The molecule has 166 valence electrons. The summed E-state index contributed by atoms with van der Waals surface area (Å²) >= 11 is 0. The zero-order chi connectivity index (χ0) is 22.3. The molecule has 0 radical (unpaired) electrons. The second-order valence-corrected chi connectivity index (χ2v) is 8.81. The highest BCUT2D eigenvalue weighted by Crippen LogP contribution is 2.28. The number of rotatable bonds is 8. The molecular formula is C23H34N2O5. The third kappa shape index (κ3) is 6.55. The van der Waals surface area contributed by atoms with Gasteiger partial charge in [0.25, 0.3) is 0 Å². The topological polar surface area (TPSA) is 84.9 Å². The Kier molecular flexibility index (Phi) is 8.41. The molecule has 1 aromatic carbocycles. The van der Waals surface area contributed by atoms with E-state index in [2.05, 4.69) is 5.32 Å². The average molecular weight is 419 g/mol. The number of methoxy groups -OCH3 is 1. The summed E-state index contributed by atoms with van der Waals surface area (Å²) in [4.78, 5) is 38.7. The number of hydrogen-bond donors (Lipinski definition) is 1. The highest BCUT2D eigenvalue weighted by Gasteiger charge is 2.41. The predicted molar refractivity (Wildman–Crippen MR) is 114 cm³/mol. The molecule has 1 fully saturated rings. The lowest BCUT2D eigenvalue weighted by Crippen LogP contribution is -2.52. The van der Waals surface area contributed by atoms with E-state index >= 15 is 0 Å². The van der Waals surface area contributed by atoms with Crippen molar-refractivity contribution in [3.05, 3.63) is 35.9 Å². The van der Waals surface area contributed by atoms with Crippen LogP contribution in [0.2, 0.25) is 0 Å². The van der Waals surface area contributed by atoms with E-state index in [9.17, 15) is 14.4 Å². The minimum Gasteiger partial charge on any atom is -0.444 e. The van der Waals surface area contributed by atoms with Crippen molar-refractivity contribution in [3.63, 3.8) is 0 Å². The third-order valence-corrected chi connectivity index (χ3v) is 5.28. The Labute approximate surface area is 179 Å². The van der Waals surface area contributed by atoms with Gasteiger partial charge in [-0.25, -0.2) is 4.79 Å². The molecule has 0 spiro atoms. The van der Waals surface area contributed by atoms with Crippen molar-refractivity contribution in [2.75, 3.05) is 13.7 Å². The summed E-state index contributed by atoms with van der Waals surface area (Å²) in [5.41, 5.74) is 0.377. The average Bonchev–Trinajstić information content (AvgIpc) is 3.17. The number of likely N-dealkylation sites (tertiary alicyclic amines) is 1. The van der Waals surface area contributed by atoms with Gasteiger partial charge in [0.15, 0.2) is 0 Å². The molecule has 1 saturated heterocycles. The van der Waals surface area contributed by atoms with Gasteiger partial charge < -0.3 is 24.5 Å². The van der Waals surface area contributed by atoms with Crippen LogP contribution in [0, 0.1) is 5.92 Å².